The van der Waals surface area contributed by atoms with Crippen LogP contribution in [-0.4, -0.2) is 37.7 Å². The van der Waals surface area contributed by atoms with Gasteiger partial charge in [-0.25, -0.2) is 9.59 Å². The summed E-state index contributed by atoms with van der Waals surface area (Å²) in [6.45, 7) is 4.56. The predicted octanol–water partition coefficient (Wildman–Crippen LogP) is 0.601. The summed E-state index contributed by atoms with van der Waals surface area (Å²) in [5, 5.41) is 0. The van der Waals surface area contributed by atoms with Crippen LogP contribution in [0, 0.1) is 0 Å². The highest BCUT2D eigenvalue weighted by molar-refractivity contribution is 6.04. The third-order valence-electron chi connectivity index (χ3n) is 2.02. The molecule has 0 rings (SSSR count). The smallest absolute Gasteiger partial charge is 0.362 e. The second-order valence-electron chi connectivity index (χ2n) is 3.32. The van der Waals surface area contributed by atoms with Gasteiger partial charge in [0.25, 0.3) is 0 Å². The van der Waals surface area contributed by atoms with E-state index in [0.29, 0.717) is 6.42 Å². The van der Waals surface area contributed by atoms with E-state index in [1.165, 1.54) is 6.08 Å². The second kappa shape index (κ2) is 6.67. The van der Waals surface area contributed by atoms with Crippen LogP contribution in [0.15, 0.2) is 12.7 Å². The standard InChI is InChI=1S/C11H16O6/c1-5-6-7-8(12)17-11(2,9(13)15-3)10(14)16-4/h5H,1,6-7H2,2-4H3. The van der Waals surface area contributed by atoms with Crippen molar-refractivity contribution < 1.29 is 28.6 Å². The third-order valence-corrected chi connectivity index (χ3v) is 2.02. The van der Waals surface area contributed by atoms with Crippen molar-refractivity contribution >= 4 is 17.9 Å². The Morgan fingerprint density at radius 3 is 2.00 bits per heavy atom. The number of methoxy groups -OCH3 is 2. The van der Waals surface area contributed by atoms with Crippen molar-refractivity contribution in [3.05, 3.63) is 12.7 Å². The van der Waals surface area contributed by atoms with Crippen LogP contribution in [0.4, 0.5) is 0 Å². The monoisotopic (exact) mass is 244 g/mol. The van der Waals surface area contributed by atoms with E-state index in [4.69, 9.17) is 4.74 Å². The number of carbonyl (C=O) groups is 3. The van der Waals surface area contributed by atoms with Crippen LogP contribution in [0.3, 0.4) is 0 Å². The molecule has 0 saturated heterocycles. The zero-order valence-corrected chi connectivity index (χ0v) is 10.1. The minimum absolute atomic E-state index is 0.0209. The summed E-state index contributed by atoms with van der Waals surface area (Å²) in [7, 11) is 2.17. The Morgan fingerprint density at radius 2 is 1.65 bits per heavy atom. The van der Waals surface area contributed by atoms with Gasteiger partial charge in [-0.15, -0.1) is 6.58 Å². The molecule has 0 radical (unpaired) electrons. The summed E-state index contributed by atoms with van der Waals surface area (Å²) < 4.78 is 13.6. The molecule has 0 spiro atoms. The molecule has 0 atom stereocenters. The number of allylic oxidation sites excluding steroid dienone is 1. The SMILES string of the molecule is C=CCCC(=O)OC(C)(C(=O)OC)C(=O)OC. The molecule has 0 unspecified atom stereocenters. The molecule has 6 heteroatoms. The molecule has 0 heterocycles. The highest BCUT2D eigenvalue weighted by atomic mass is 16.6. The van der Waals surface area contributed by atoms with Gasteiger partial charge in [0.2, 0.25) is 0 Å². The van der Waals surface area contributed by atoms with Crippen molar-refractivity contribution in [3.63, 3.8) is 0 Å². The first-order valence-electron chi connectivity index (χ1n) is 4.92. The first kappa shape index (κ1) is 15.2. The zero-order chi connectivity index (χ0) is 13.5. The summed E-state index contributed by atoms with van der Waals surface area (Å²) >= 11 is 0. The number of carbonyl (C=O) groups excluding carboxylic acids is 3. The quantitative estimate of drug-likeness (QED) is 0.294. The first-order valence-corrected chi connectivity index (χ1v) is 4.92. The van der Waals surface area contributed by atoms with Crippen molar-refractivity contribution in [1.29, 1.82) is 0 Å². The molecule has 0 aliphatic heterocycles. The highest BCUT2D eigenvalue weighted by Gasteiger charge is 2.47. The van der Waals surface area contributed by atoms with Gasteiger partial charge in [0.05, 0.1) is 14.2 Å². The minimum atomic E-state index is -2.07. The van der Waals surface area contributed by atoms with Crippen LogP contribution < -0.4 is 0 Å². The molecule has 0 aliphatic rings. The van der Waals surface area contributed by atoms with E-state index >= 15 is 0 Å². The molecular weight excluding hydrogens is 228 g/mol. The normalized spacial score (nSPS) is 10.3. The van der Waals surface area contributed by atoms with E-state index < -0.39 is 23.5 Å². The first-order chi connectivity index (χ1) is 7.92. The fourth-order valence-electron chi connectivity index (χ4n) is 1.05. The van der Waals surface area contributed by atoms with Crippen LogP contribution >= 0.6 is 0 Å². The van der Waals surface area contributed by atoms with Gasteiger partial charge >= 0.3 is 23.5 Å². The Hall–Kier alpha value is -1.85. The molecule has 0 fully saturated rings. The maximum absolute atomic E-state index is 11.4. The van der Waals surface area contributed by atoms with E-state index in [1.54, 1.807) is 0 Å². The number of hydrogen-bond donors (Lipinski definition) is 0. The van der Waals surface area contributed by atoms with E-state index in [2.05, 4.69) is 16.1 Å². The Labute approximate surface area is 99.5 Å². The lowest BCUT2D eigenvalue weighted by molar-refractivity contribution is -0.191. The molecule has 0 aromatic carbocycles. The summed E-state index contributed by atoms with van der Waals surface area (Å²) in [5.41, 5.74) is -2.07. The molecule has 96 valence electrons. The molecule has 0 saturated carbocycles. The van der Waals surface area contributed by atoms with E-state index in [1.807, 2.05) is 0 Å². The van der Waals surface area contributed by atoms with Gasteiger partial charge in [-0.3, -0.25) is 4.79 Å². The Bertz CT molecular complexity index is 304. The van der Waals surface area contributed by atoms with Crippen molar-refractivity contribution in [1.82, 2.24) is 0 Å². The second-order valence-corrected chi connectivity index (χ2v) is 3.32. The lowest BCUT2D eigenvalue weighted by Crippen LogP contribution is -2.49. The van der Waals surface area contributed by atoms with Gasteiger partial charge in [0.15, 0.2) is 0 Å². The molecule has 0 aromatic heterocycles. The Balaban J connectivity index is 4.82. The molecular formula is C11H16O6. The number of ether oxygens (including phenoxy) is 3. The summed E-state index contributed by atoms with van der Waals surface area (Å²) in [6.07, 6.45) is 1.93. The van der Waals surface area contributed by atoms with Crippen molar-refractivity contribution in [2.24, 2.45) is 0 Å². The molecule has 0 N–H and O–H groups in total. The largest absolute Gasteiger partial charge is 0.466 e. The topological polar surface area (TPSA) is 78.9 Å². The average Bonchev–Trinajstić information content (AvgIpc) is 2.33. The average molecular weight is 244 g/mol. The fraction of sp³-hybridized carbons (Fsp3) is 0.545. The number of rotatable bonds is 6. The fourth-order valence-corrected chi connectivity index (χ4v) is 1.05. The van der Waals surface area contributed by atoms with Crippen LogP contribution in [0.25, 0.3) is 0 Å². The van der Waals surface area contributed by atoms with Crippen molar-refractivity contribution in [2.45, 2.75) is 25.4 Å². The summed E-state index contributed by atoms with van der Waals surface area (Å²) in [4.78, 5) is 34.2. The summed E-state index contributed by atoms with van der Waals surface area (Å²) in [5.74, 6) is -2.68. The maximum atomic E-state index is 11.4. The summed E-state index contributed by atoms with van der Waals surface area (Å²) in [6, 6.07) is 0. The van der Waals surface area contributed by atoms with E-state index in [9.17, 15) is 14.4 Å². The molecule has 0 amide bonds. The van der Waals surface area contributed by atoms with Crippen molar-refractivity contribution in [3.8, 4) is 0 Å². The van der Waals surface area contributed by atoms with Crippen LogP contribution in [0.1, 0.15) is 19.8 Å². The predicted molar refractivity (Wildman–Crippen MR) is 58.0 cm³/mol. The Morgan fingerprint density at radius 1 is 1.18 bits per heavy atom. The lowest BCUT2D eigenvalue weighted by Gasteiger charge is -2.23. The molecule has 0 aromatic rings. The van der Waals surface area contributed by atoms with Crippen LogP contribution in [0.5, 0.6) is 0 Å². The van der Waals surface area contributed by atoms with E-state index in [0.717, 1.165) is 21.1 Å². The van der Waals surface area contributed by atoms with E-state index in [-0.39, 0.29) is 6.42 Å². The molecule has 17 heavy (non-hydrogen) atoms. The number of hydrogen-bond acceptors (Lipinski definition) is 6. The lowest BCUT2D eigenvalue weighted by atomic mass is 10.1. The highest BCUT2D eigenvalue weighted by Crippen LogP contribution is 2.16. The molecule has 6 nitrogen and oxygen atoms in total. The zero-order valence-electron chi connectivity index (χ0n) is 10.1. The number of esters is 3. The van der Waals surface area contributed by atoms with Crippen LogP contribution in [0.2, 0.25) is 0 Å². The van der Waals surface area contributed by atoms with Crippen LogP contribution in [-0.2, 0) is 28.6 Å². The van der Waals surface area contributed by atoms with Gasteiger partial charge in [0.1, 0.15) is 0 Å². The molecule has 0 aliphatic carbocycles. The van der Waals surface area contributed by atoms with Gasteiger partial charge in [-0.05, 0) is 13.3 Å². The maximum Gasteiger partial charge on any atom is 0.362 e. The van der Waals surface area contributed by atoms with Gasteiger partial charge in [0, 0.05) is 6.42 Å². The van der Waals surface area contributed by atoms with Gasteiger partial charge < -0.3 is 14.2 Å². The van der Waals surface area contributed by atoms with Gasteiger partial charge in [-0.1, -0.05) is 6.08 Å². The molecule has 0 bridgehead atoms. The minimum Gasteiger partial charge on any atom is -0.466 e. The third kappa shape index (κ3) is 3.90. The van der Waals surface area contributed by atoms with Crippen molar-refractivity contribution in [2.75, 3.05) is 14.2 Å². The Kier molecular flexibility index (Phi) is 5.95. The van der Waals surface area contributed by atoms with Gasteiger partial charge in [-0.2, -0.15) is 0 Å².